The Hall–Kier alpha value is -2.58. The molecule has 0 radical (unpaired) electrons. The van der Waals surface area contributed by atoms with Crippen molar-refractivity contribution in [3.8, 4) is 17.2 Å². The van der Waals surface area contributed by atoms with Crippen molar-refractivity contribution < 1.29 is 19.0 Å². The minimum atomic E-state index is -0.193. The number of pyridine rings is 1. The zero-order chi connectivity index (χ0) is 18.7. The van der Waals surface area contributed by atoms with Gasteiger partial charge in [-0.3, -0.25) is 14.7 Å². The largest absolute Gasteiger partial charge is 0.493 e. The summed E-state index contributed by atoms with van der Waals surface area (Å²) in [7, 11) is 4.63. The topological polar surface area (TPSA) is 60.9 Å². The Morgan fingerprint density at radius 2 is 1.85 bits per heavy atom. The van der Waals surface area contributed by atoms with E-state index in [2.05, 4.69) is 4.98 Å². The van der Waals surface area contributed by atoms with Gasteiger partial charge in [0.2, 0.25) is 5.75 Å². The molecule has 2 aromatic rings. The van der Waals surface area contributed by atoms with Crippen molar-refractivity contribution in [3.63, 3.8) is 0 Å². The van der Waals surface area contributed by atoms with Gasteiger partial charge in [-0.2, -0.15) is 0 Å². The van der Waals surface area contributed by atoms with Gasteiger partial charge in [-0.1, -0.05) is 24.0 Å². The number of benzene rings is 1. The lowest BCUT2D eigenvalue weighted by atomic mass is 10.1. The number of thiocarbonyl (C=S) groups is 1. The van der Waals surface area contributed by atoms with Gasteiger partial charge < -0.3 is 14.2 Å². The molecule has 134 valence electrons. The Bertz CT molecular complexity index is 859. The average Bonchev–Trinajstić information content (AvgIpc) is 2.94. The summed E-state index contributed by atoms with van der Waals surface area (Å²) in [5.74, 6) is 1.33. The summed E-state index contributed by atoms with van der Waals surface area (Å²) >= 11 is 6.60. The van der Waals surface area contributed by atoms with Crippen molar-refractivity contribution in [2.75, 3.05) is 26.2 Å². The summed E-state index contributed by atoms with van der Waals surface area (Å²) in [5, 5.41) is 0. The Kier molecular flexibility index (Phi) is 5.43. The predicted octanol–water partition coefficient (Wildman–Crippen LogP) is 3.51. The van der Waals surface area contributed by atoms with Crippen LogP contribution in [0.15, 0.2) is 41.6 Å². The van der Waals surface area contributed by atoms with E-state index in [0.29, 0.717) is 32.2 Å². The highest BCUT2D eigenvalue weighted by molar-refractivity contribution is 8.27. The van der Waals surface area contributed by atoms with Crippen molar-refractivity contribution >= 4 is 46.0 Å². The predicted molar refractivity (Wildman–Crippen MR) is 106 cm³/mol. The minimum absolute atomic E-state index is 0.193. The van der Waals surface area contributed by atoms with Crippen LogP contribution in [0.25, 0.3) is 6.08 Å². The molecule has 2 heterocycles. The Balaban J connectivity index is 1.98. The molecule has 1 aromatic carbocycles. The molecular weight excluding hydrogens is 372 g/mol. The van der Waals surface area contributed by atoms with Gasteiger partial charge in [0.15, 0.2) is 15.8 Å². The molecule has 0 bridgehead atoms. The fraction of sp³-hybridized carbons (Fsp3) is 0.167. The van der Waals surface area contributed by atoms with Crippen LogP contribution in [0.2, 0.25) is 0 Å². The van der Waals surface area contributed by atoms with Crippen molar-refractivity contribution in [1.29, 1.82) is 0 Å². The minimum Gasteiger partial charge on any atom is -0.493 e. The molecule has 0 spiro atoms. The smallest absolute Gasteiger partial charge is 0.270 e. The van der Waals surface area contributed by atoms with Crippen LogP contribution in [0, 0.1) is 0 Å². The quantitative estimate of drug-likeness (QED) is 0.574. The second kappa shape index (κ2) is 7.76. The number of nitrogens with zero attached hydrogens (tertiary/aromatic N) is 2. The number of methoxy groups -OCH3 is 3. The van der Waals surface area contributed by atoms with Crippen molar-refractivity contribution in [1.82, 2.24) is 4.98 Å². The number of anilines is 1. The number of ether oxygens (including phenoxy) is 3. The van der Waals surface area contributed by atoms with Gasteiger partial charge in [-0.15, -0.1) is 0 Å². The standard InChI is InChI=1S/C18H16N2O4S2/c1-22-13-7-11(8-14(23-2)16(13)24-3)9-15-17(21)20(18(25)26-15)12-5-4-6-19-10-12/h4-10H,1-3H3/b15-9-. The van der Waals surface area contributed by atoms with Gasteiger partial charge in [-0.25, -0.2) is 0 Å². The van der Waals surface area contributed by atoms with Gasteiger partial charge in [0.05, 0.1) is 38.1 Å². The highest BCUT2D eigenvalue weighted by atomic mass is 32.2. The monoisotopic (exact) mass is 388 g/mol. The normalized spacial score (nSPS) is 15.5. The first-order chi connectivity index (χ1) is 12.6. The van der Waals surface area contributed by atoms with Gasteiger partial charge in [0.1, 0.15) is 0 Å². The number of carbonyl (C=O) groups is 1. The second-order valence-electron chi connectivity index (χ2n) is 5.19. The first-order valence-electron chi connectivity index (χ1n) is 7.57. The Morgan fingerprint density at radius 3 is 2.38 bits per heavy atom. The molecule has 1 aliphatic rings. The summed E-state index contributed by atoms with van der Waals surface area (Å²) in [6, 6.07) is 7.10. The summed E-state index contributed by atoms with van der Waals surface area (Å²) < 4.78 is 16.5. The molecule has 1 aliphatic heterocycles. The van der Waals surface area contributed by atoms with Gasteiger partial charge in [0, 0.05) is 6.20 Å². The fourth-order valence-corrected chi connectivity index (χ4v) is 3.81. The third-order valence-electron chi connectivity index (χ3n) is 3.68. The lowest BCUT2D eigenvalue weighted by Crippen LogP contribution is -2.27. The number of amides is 1. The van der Waals surface area contributed by atoms with E-state index < -0.39 is 0 Å². The zero-order valence-corrected chi connectivity index (χ0v) is 16.0. The van der Waals surface area contributed by atoms with E-state index in [-0.39, 0.29) is 5.91 Å². The van der Waals surface area contributed by atoms with E-state index in [9.17, 15) is 4.79 Å². The molecular formula is C18H16N2O4S2. The summed E-state index contributed by atoms with van der Waals surface area (Å²) in [5.41, 5.74) is 1.38. The van der Waals surface area contributed by atoms with Crippen molar-refractivity contribution in [2.45, 2.75) is 0 Å². The van der Waals surface area contributed by atoms with Gasteiger partial charge >= 0.3 is 0 Å². The molecule has 0 unspecified atom stereocenters. The number of thioether (sulfide) groups is 1. The van der Waals surface area contributed by atoms with Crippen LogP contribution in [0.3, 0.4) is 0 Å². The van der Waals surface area contributed by atoms with Crippen molar-refractivity contribution in [2.24, 2.45) is 0 Å². The molecule has 8 heteroatoms. The van der Waals surface area contributed by atoms with Gasteiger partial charge in [-0.05, 0) is 35.9 Å². The number of aromatic nitrogens is 1. The summed E-state index contributed by atoms with van der Waals surface area (Å²) in [6.45, 7) is 0. The van der Waals surface area contributed by atoms with Crippen LogP contribution >= 0.6 is 24.0 Å². The SMILES string of the molecule is COc1cc(/C=C2\SC(=S)N(c3cccnc3)C2=O)cc(OC)c1OC. The maximum atomic E-state index is 12.8. The molecule has 1 fully saturated rings. The third-order valence-corrected chi connectivity index (χ3v) is 4.98. The number of hydrogen-bond donors (Lipinski definition) is 0. The maximum absolute atomic E-state index is 12.8. The molecule has 3 rings (SSSR count). The summed E-state index contributed by atoms with van der Waals surface area (Å²) in [6.07, 6.45) is 5.00. The Morgan fingerprint density at radius 1 is 1.15 bits per heavy atom. The van der Waals surface area contributed by atoms with E-state index in [1.54, 1.807) is 64.1 Å². The molecule has 26 heavy (non-hydrogen) atoms. The van der Waals surface area contributed by atoms with E-state index in [1.165, 1.54) is 16.7 Å². The van der Waals surface area contributed by atoms with E-state index in [0.717, 1.165) is 5.56 Å². The van der Waals surface area contributed by atoms with Crippen LogP contribution in [0.5, 0.6) is 17.2 Å². The Labute approximate surface area is 160 Å². The molecule has 1 saturated heterocycles. The highest BCUT2D eigenvalue weighted by Gasteiger charge is 2.33. The van der Waals surface area contributed by atoms with Crippen LogP contribution in [0.4, 0.5) is 5.69 Å². The molecule has 1 aromatic heterocycles. The first kappa shape index (κ1) is 18.2. The number of carbonyl (C=O) groups excluding carboxylic acids is 1. The van der Waals surface area contributed by atoms with Crippen LogP contribution < -0.4 is 19.1 Å². The summed E-state index contributed by atoms with van der Waals surface area (Å²) in [4.78, 5) is 18.8. The maximum Gasteiger partial charge on any atom is 0.270 e. The van der Waals surface area contributed by atoms with Crippen LogP contribution in [-0.4, -0.2) is 36.5 Å². The molecule has 0 aliphatic carbocycles. The second-order valence-corrected chi connectivity index (χ2v) is 6.86. The average molecular weight is 388 g/mol. The molecule has 6 nitrogen and oxygen atoms in total. The van der Waals surface area contributed by atoms with Crippen LogP contribution in [0.1, 0.15) is 5.56 Å². The zero-order valence-electron chi connectivity index (χ0n) is 14.4. The van der Waals surface area contributed by atoms with E-state index >= 15 is 0 Å². The lowest BCUT2D eigenvalue weighted by Gasteiger charge is -2.13. The lowest BCUT2D eigenvalue weighted by molar-refractivity contribution is -0.113. The number of rotatable bonds is 5. The molecule has 1 amide bonds. The van der Waals surface area contributed by atoms with E-state index in [4.69, 9.17) is 26.4 Å². The number of hydrogen-bond acceptors (Lipinski definition) is 7. The van der Waals surface area contributed by atoms with Crippen molar-refractivity contribution in [3.05, 3.63) is 47.1 Å². The molecule has 0 atom stereocenters. The first-order valence-corrected chi connectivity index (χ1v) is 8.79. The molecule has 0 saturated carbocycles. The highest BCUT2D eigenvalue weighted by Crippen LogP contribution is 2.41. The van der Waals surface area contributed by atoms with E-state index in [1.807, 2.05) is 0 Å². The third kappa shape index (κ3) is 3.38. The fourth-order valence-electron chi connectivity index (χ4n) is 2.51. The van der Waals surface area contributed by atoms with Gasteiger partial charge in [0.25, 0.3) is 5.91 Å². The molecule has 0 N–H and O–H groups in total. The van der Waals surface area contributed by atoms with Crippen LogP contribution in [-0.2, 0) is 4.79 Å².